The first-order valence-corrected chi connectivity index (χ1v) is 12.2. The van der Waals surface area contributed by atoms with Crippen molar-refractivity contribution in [3.05, 3.63) is 101 Å². The maximum Gasteiger partial charge on any atom is 0.262 e. The highest BCUT2D eigenvalue weighted by atomic mass is 35.5. The lowest BCUT2D eigenvalue weighted by Gasteiger charge is -2.23. The number of rotatable bonds is 5. The normalized spacial score (nSPS) is 19.5. The second-order valence-corrected chi connectivity index (χ2v) is 9.73. The average Bonchev–Trinajstić information content (AvgIpc) is 3.45. The lowest BCUT2D eigenvalue weighted by Crippen LogP contribution is -2.25. The summed E-state index contributed by atoms with van der Waals surface area (Å²) in [5, 5.41) is 9.70. The zero-order valence-electron chi connectivity index (χ0n) is 18.4. The largest absolute Gasteiger partial charge is 0.326 e. The first-order chi connectivity index (χ1) is 17.0. The first kappa shape index (κ1) is 23.3. The zero-order valence-corrected chi connectivity index (χ0v) is 20.0. The average molecular weight is 507 g/mol. The molecule has 5 rings (SSSR count). The van der Waals surface area contributed by atoms with Crippen molar-refractivity contribution in [1.29, 1.82) is 0 Å². The molecular formula is C26H20ClFN4O2S. The van der Waals surface area contributed by atoms with Gasteiger partial charge in [0.15, 0.2) is 5.17 Å². The fourth-order valence-electron chi connectivity index (χ4n) is 3.95. The van der Waals surface area contributed by atoms with Gasteiger partial charge in [0.2, 0.25) is 5.91 Å². The molecule has 2 amide bonds. The van der Waals surface area contributed by atoms with Gasteiger partial charge < -0.3 is 5.32 Å². The van der Waals surface area contributed by atoms with Crippen LogP contribution in [0.4, 0.5) is 10.1 Å². The van der Waals surface area contributed by atoms with Crippen LogP contribution >= 0.6 is 23.4 Å². The molecule has 2 heterocycles. The number of hydrogen-bond acceptors (Lipinski definition) is 5. The maximum atomic E-state index is 13.4. The van der Waals surface area contributed by atoms with E-state index < -0.39 is 5.25 Å². The Balaban J connectivity index is 1.36. The minimum Gasteiger partial charge on any atom is -0.326 e. The molecule has 0 bridgehead atoms. The SMILES string of the molecule is O=C(CC1SC(N2N=C(c3ccc(F)cc3)CC2c2ccc(Cl)cc2)=NC1=O)Nc1ccccc1. The van der Waals surface area contributed by atoms with Crippen LogP contribution in [0.1, 0.15) is 30.0 Å². The molecule has 2 atom stereocenters. The van der Waals surface area contributed by atoms with E-state index in [2.05, 4.69) is 10.3 Å². The number of benzene rings is 3. The van der Waals surface area contributed by atoms with Gasteiger partial charge in [-0.05, 0) is 47.5 Å². The summed E-state index contributed by atoms with van der Waals surface area (Å²) >= 11 is 7.31. The minimum absolute atomic E-state index is 0.000616. The standard InChI is InChI=1S/C26H20ClFN4O2S/c27-18-10-6-17(7-11-18)22-14-21(16-8-12-19(28)13-9-16)31-32(22)26-30-25(34)23(35-26)15-24(33)29-20-4-2-1-3-5-20/h1-13,22-23H,14-15H2,(H,29,33). The molecule has 2 unspecified atom stereocenters. The Kier molecular flexibility index (Phi) is 6.66. The Labute approximate surface area is 210 Å². The van der Waals surface area contributed by atoms with Gasteiger partial charge in [-0.1, -0.05) is 65.8 Å². The van der Waals surface area contributed by atoms with Crippen LogP contribution in [0, 0.1) is 5.82 Å². The molecule has 1 N–H and O–H groups in total. The molecule has 0 radical (unpaired) electrons. The number of halogens is 2. The number of para-hydroxylation sites is 1. The Morgan fingerprint density at radius 3 is 2.49 bits per heavy atom. The minimum atomic E-state index is -0.635. The molecule has 0 fully saturated rings. The van der Waals surface area contributed by atoms with Crippen molar-refractivity contribution >= 4 is 51.7 Å². The van der Waals surface area contributed by atoms with Gasteiger partial charge in [-0.3, -0.25) is 9.59 Å². The molecule has 0 aliphatic carbocycles. The summed E-state index contributed by atoms with van der Waals surface area (Å²) in [6.45, 7) is 0. The highest BCUT2D eigenvalue weighted by molar-refractivity contribution is 8.15. The smallest absolute Gasteiger partial charge is 0.262 e. The molecule has 2 aliphatic rings. The van der Waals surface area contributed by atoms with Crippen molar-refractivity contribution in [3.63, 3.8) is 0 Å². The van der Waals surface area contributed by atoms with Crippen molar-refractivity contribution in [3.8, 4) is 0 Å². The molecule has 3 aromatic carbocycles. The van der Waals surface area contributed by atoms with Crippen LogP contribution in [0.3, 0.4) is 0 Å². The molecule has 0 aromatic heterocycles. The van der Waals surface area contributed by atoms with Crippen molar-refractivity contribution in [2.45, 2.75) is 24.1 Å². The predicted octanol–water partition coefficient (Wildman–Crippen LogP) is 5.66. The van der Waals surface area contributed by atoms with E-state index in [1.54, 1.807) is 41.4 Å². The van der Waals surface area contributed by atoms with Gasteiger partial charge in [0.1, 0.15) is 11.1 Å². The quantitative estimate of drug-likeness (QED) is 0.484. The summed E-state index contributed by atoms with van der Waals surface area (Å²) in [5.74, 6) is -0.949. The molecule has 3 aromatic rings. The molecule has 2 aliphatic heterocycles. The van der Waals surface area contributed by atoms with E-state index in [0.717, 1.165) is 16.8 Å². The van der Waals surface area contributed by atoms with E-state index in [9.17, 15) is 14.0 Å². The van der Waals surface area contributed by atoms with Crippen LogP contribution in [0.5, 0.6) is 0 Å². The summed E-state index contributed by atoms with van der Waals surface area (Å²) < 4.78 is 13.4. The summed E-state index contributed by atoms with van der Waals surface area (Å²) in [7, 11) is 0. The molecule has 6 nitrogen and oxygen atoms in total. The van der Waals surface area contributed by atoms with Crippen LogP contribution in [0.2, 0.25) is 5.02 Å². The van der Waals surface area contributed by atoms with Gasteiger partial charge in [-0.25, -0.2) is 9.40 Å². The fourth-order valence-corrected chi connectivity index (χ4v) is 5.14. The molecule has 0 saturated heterocycles. The van der Waals surface area contributed by atoms with Crippen LogP contribution < -0.4 is 5.32 Å². The van der Waals surface area contributed by atoms with E-state index in [4.69, 9.17) is 16.7 Å². The van der Waals surface area contributed by atoms with Crippen molar-refractivity contribution < 1.29 is 14.0 Å². The van der Waals surface area contributed by atoms with E-state index >= 15 is 0 Å². The number of nitrogens with one attached hydrogen (secondary N) is 1. The van der Waals surface area contributed by atoms with Crippen molar-refractivity contribution in [2.75, 3.05) is 5.32 Å². The summed E-state index contributed by atoms with van der Waals surface area (Å²) in [6.07, 6.45) is 0.541. The Hall–Kier alpha value is -3.49. The maximum absolute atomic E-state index is 13.4. The molecule has 9 heteroatoms. The van der Waals surface area contributed by atoms with E-state index in [-0.39, 0.29) is 30.1 Å². The van der Waals surface area contributed by atoms with Gasteiger partial charge in [0.25, 0.3) is 5.91 Å². The summed E-state index contributed by atoms with van der Waals surface area (Å²) in [4.78, 5) is 29.4. The van der Waals surface area contributed by atoms with Crippen LogP contribution in [-0.4, -0.2) is 33.0 Å². The highest BCUT2D eigenvalue weighted by Gasteiger charge is 2.39. The van der Waals surface area contributed by atoms with Crippen molar-refractivity contribution in [1.82, 2.24) is 5.01 Å². The van der Waals surface area contributed by atoms with E-state index in [0.29, 0.717) is 22.3 Å². The number of aliphatic imine (C=N–C) groups is 1. The first-order valence-electron chi connectivity index (χ1n) is 11.0. The topological polar surface area (TPSA) is 74.1 Å². The Bertz CT molecular complexity index is 1310. The Morgan fingerprint density at radius 1 is 1.06 bits per heavy atom. The van der Waals surface area contributed by atoms with E-state index in [1.165, 1.54) is 23.9 Å². The molecule has 176 valence electrons. The number of carbonyl (C=O) groups is 2. The second kappa shape index (κ2) is 10.0. The lowest BCUT2D eigenvalue weighted by atomic mass is 9.99. The number of carbonyl (C=O) groups excluding carboxylic acids is 2. The monoisotopic (exact) mass is 506 g/mol. The fraction of sp³-hybridized carbons (Fsp3) is 0.154. The number of thioether (sulfide) groups is 1. The van der Waals surface area contributed by atoms with Crippen LogP contribution in [0.15, 0.2) is 89.0 Å². The van der Waals surface area contributed by atoms with Gasteiger partial charge in [0.05, 0.1) is 11.8 Å². The number of amidine groups is 1. The third-order valence-electron chi connectivity index (χ3n) is 5.70. The molecule has 0 saturated carbocycles. The highest BCUT2D eigenvalue weighted by Crippen LogP contribution is 2.39. The number of anilines is 1. The van der Waals surface area contributed by atoms with E-state index in [1.807, 2.05) is 30.3 Å². The molecular weight excluding hydrogens is 487 g/mol. The summed E-state index contributed by atoms with van der Waals surface area (Å²) in [6, 6.07) is 22.5. The van der Waals surface area contributed by atoms with Gasteiger partial charge in [0, 0.05) is 23.6 Å². The summed E-state index contributed by atoms with van der Waals surface area (Å²) in [5.41, 5.74) is 3.17. The third kappa shape index (κ3) is 5.28. The van der Waals surface area contributed by atoms with Crippen LogP contribution in [-0.2, 0) is 9.59 Å². The van der Waals surface area contributed by atoms with Gasteiger partial charge in [-0.15, -0.1) is 0 Å². The predicted molar refractivity (Wildman–Crippen MR) is 137 cm³/mol. The number of nitrogens with zero attached hydrogens (tertiary/aromatic N) is 3. The number of hydrazone groups is 1. The molecule has 0 spiro atoms. The zero-order chi connectivity index (χ0) is 24.4. The van der Waals surface area contributed by atoms with Crippen molar-refractivity contribution in [2.24, 2.45) is 10.1 Å². The van der Waals surface area contributed by atoms with Crippen LogP contribution in [0.25, 0.3) is 0 Å². The Morgan fingerprint density at radius 2 is 1.77 bits per heavy atom. The second-order valence-electron chi connectivity index (χ2n) is 8.13. The van der Waals surface area contributed by atoms with Gasteiger partial charge >= 0.3 is 0 Å². The van der Waals surface area contributed by atoms with Gasteiger partial charge in [-0.2, -0.15) is 10.1 Å². The number of amides is 2. The number of hydrogen-bond donors (Lipinski definition) is 1. The third-order valence-corrected chi connectivity index (χ3v) is 7.09. The molecule has 35 heavy (non-hydrogen) atoms. The lowest BCUT2D eigenvalue weighted by molar-refractivity contribution is -0.121.